The number of halogens is 1. The summed E-state index contributed by atoms with van der Waals surface area (Å²) < 4.78 is 14.1. The number of aromatic nitrogens is 1. The molecule has 2 saturated heterocycles. The zero-order chi connectivity index (χ0) is 22.0. The molecular weight excluding hydrogens is 399 g/mol. The van der Waals surface area contributed by atoms with Crippen molar-refractivity contribution in [3.8, 4) is 0 Å². The minimum absolute atomic E-state index is 0.0747. The average molecular weight is 424 g/mol. The van der Waals surface area contributed by atoms with Crippen LogP contribution in [0.1, 0.15) is 24.0 Å². The lowest BCUT2D eigenvalue weighted by atomic mass is 9.75. The highest BCUT2D eigenvalue weighted by atomic mass is 19.1. The van der Waals surface area contributed by atoms with Gasteiger partial charge in [-0.3, -0.25) is 24.3 Å². The van der Waals surface area contributed by atoms with Crippen molar-refractivity contribution in [2.24, 2.45) is 0 Å². The summed E-state index contributed by atoms with van der Waals surface area (Å²) in [5.74, 6) is -1.53. The minimum atomic E-state index is -1.40. The molecule has 8 heteroatoms. The molecule has 162 valence electrons. The molecule has 31 heavy (non-hydrogen) atoms. The average Bonchev–Trinajstić information content (AvgIpc) is 3.00. The van der Waals surface area contributed by atoms with Crippen molar-refractivity contribution >= 4 is 17.7 Å². The molecule has 4 rings (SSSR count). The van der Waals surface area contributed by atoms with E-state index in [1.54, 1.807) is 35.5 Å². The van der Waals surface area contributed by atoms with E-state index in [0.717, 1.165) is 13.1 Å². The summed E-state index contributed by atoms with van der Waals surface area (Å²) in [4.78, 5) is 48.8. The maximum atomic E-state index is 14.1. The van der Waals surface area contributed by atoms with Crippen LogP contribution in [-0.2, 0) is 26.3 Å². The first kappa shape index (κ1) is 21.1. The second kappa shape index (κ2) is 8.55. The van der Waals surface area contributed by atoms with Gasteiger partial charge in [-0.2, -0.15) is 0 Å². The van der Waals surface area contributed by atoms with E-state index in [4.69, 9.17) is 0 Å². The van der Waals surface area contributed by atoms with E-state index < -0.39 is 17.1 Å². The monoisotopic (exact) mass is 424 g/mol. The van der Waals surface area contributed by atoms with Crippen LogP contribution in [0.15, 0.2) is 48.8 Å². The van der Waals surface area contributed by atoms with E-state index in [-0.39, 0.29) is 31.2 Å². The largest absolute Gasteiger partial charge is 0.340 e. The van der Waals surface area contributed by atoms with E-state index in [9.17, 15) is 18.8 Å². The Morgan fingerprint density at radius 3 is 2.58 bits per heavy atom. The number of rotatable bonds is 5. The third kappa shape index (κ3) is 4.20. The fourth-order valence-electron chi connectivity index (χ4n) is 4.31. The number of amides is 3. The standard InChI is InChI=1S/C23H25FN4O3/c1-26-8-10-27(11-9-26)20(29)13-23(18-5-2-6-19(24)12-18)14-21(30)28(22(23)31)16-17-4-3-7-25-15-17/h2-7,12,15H,8-11,13-14,16H2,1H3. The molecule has 2 aliphatic heterocycles. The number of carbonyl (C=O) groups excluding carboxylic acids is 3. The number of piperazine rings is 1. The quantitative estimate of drug-likeness (QED) is 0.682. The van der Waals surface area contributed by atoms with Gasteiger partial charge < -0.3 is 9.80 Å². The van der Waals surface area contributed by atoms with Crippen LogP contribution >= 0.6 is 0 Å². The summed E-state index contributed by atoms with van der Waals surface area (Å²) in [6, 6.07) is 9.19. The van der Waals surface area contributed by atoms with Gasteiger partial charge in [0.05, 0.1) is 12.0 Å². The van der Waals surface area contributed by atoms with Crippen molar-refractivity contribution in [3.05, 3.63) is 65.7 Å². The van der Waals surface area contributed by atoms with Gasteiger partial charge in [0.2, 0.25) is 17.7 Å². The van der Waals surface area contributed by atoms with Gasteiger partial charge in [-0.25, -0.2) is 4.39 Å². The summed E-state index contributed by atoms with van der Waals surface area (Å²) in [6.07, 6.45) is 2.89. The van der Waals surface area contributed by atoms with Gasteiger partial charge in [-0.1, -0.05) is 18.2 Å². The maximum Gasteiger partial charge on any atom is 0.241 e. The molecule has 0 N–H and O–H groups in total. The molecule has 1 atom stereocenters. The van der Waals surface area contributed by atoms with E-state index in [1.807, 2.05) is 7.05 Å². The molecule has 2 fully saturated rings. The smallest absolute Gasteiger partial charge is 0.241 e. The van der Waals surface area contributed by atoms with Crippen LogP contribution in [0.5, 0.6) is 0 Å². The lowest BCUT2D eigenvalue weighted by Crippen LogP contribution is -2.50. The number of likely N-dealkylation sites (tertiary alicyclic amines) is 1. The molecule has 2 aliphatic rings. The van der Waals surface area contributed by atoms with E-state index in [1.165, 1.54) is 23.1 Å². The van der Waals surface area contributed by atoms with Crippen LogP contribution in [-0.4, -0.2) is 70.6 Å². The van der Waals surface area contributed by atoms with E-state index in [2.05, 4.69) is 9.88 Å². The van der Waals surface area contributed by atoms with Crippen molar-refractivity contribution < 1.29 is 18.8 Å². The third-order valence-corrected chi connectivity index (χ3v) is 6.16. The highest BCUT2D eigenvalue weighted by Gasteiger charge is 2.54. The van der Waals surface area contributed by atoms with Crippen LogP contribution < -0.4 is 0 Å². The van der Waals surface area contributed by atoms with Crippen molar-refractivity contribution in [1.82, 2.24) is 19.7 Å². The Morgan fingerprint density at radius 2 is 1.90 bits per heavy atom. The maximum absolute atomic E-state index is 14.1. The molecule has 3 amide bonds. The molecule has 0 bridgehead atoms. The predicted molar refractivity (Wildman–Crippen MR) is 111 cm³/mol. The normalized spacial score (nSPS) is 22.3. The van der Waals surface area contributed by atoms with Crippen molar-refractivity contribution in [2.45, 2.75) is 24.8 Å². The Hall–Kier alpha value is -3.13. The topological polar surface area (TPSA) is 73.8 Å². The number of likely N-dealkylation sites (N-methyl/N-ethyl adjacent to an activating group) is 1. The van der Waals surface area contributed by atoms with Crippen molar-refractivity contribution in [1.29, 1.82) is 0 Å². The molecule has 3 heterocycles. The molecule has 1 aromatic heterocycles. The number of carbonyl (C=O) groups is 3. The van der Waals surface area contributed by atoms with Crippen LogP contribution in [0.3, 0.4) is 0 Å². The molecule has 2 aromatic rings. The van der Waals surface area contributed by atoms with Crippen LogP contribution in [0.2, 0.25) is 0 Å². The first-order chi connectivity index (χ1) is 14.9. The Balaban J connectivity index is 1.65. The number of benzene rings is 1. The molecule has 1 aromatic carbocycles. The lowest BCUT2D eigenvalue weighted by Gasteiger charge is -2.35. The van der Waals surface area contributed by atoms with Crippen LogP contribution in [0.25, 0.3) is 0 Å². The second-order valence-electron chi connectivity index (χ2n) is 8.28. The molecule has 0 radical (unpaired) electrons. The van der Waals surface area contributed by atoms with E-state index in [0.29, 0.717) is 24.2 Å². The van der Waals surface area contributed by atoms with Gasteiger partial charge >= 0.3 is 0 Å². The van der Waals surface area contributed by atoms with Gasteiger partial charge in [0, 0.05) is 51.4 Å². The first-order valence-corrected chi connectivity index (χ1v) is 10.4. The SMILES string of the molecule is CN1CCN(C(=O)CC2(c3cccc(F)c3)CC(=O)N(Cc3cccnc3)C2=O)CC1. The van der Waals surface area contributed by atoms with Crippen molar-refractivity contribution in [3.63, 3.8) is 0 Å². The highest BCUT2D eigenvalue weighted by molar-refractivity contribution is 6.10. The molecule has 0 aliphatic carbocycles. The molecule has 0 spiro atoms. The van der Waals surface area contributed by atoms with Gasteiger partial charge in [0.1, 0.15) is 5.82 Å². The fourth-order valence-corrected chi connectivity index (χ4v) is 4.31. The first-order valence-electron chi connectivity index (χ1n) is 10.4. The highest BCUT2D eigenvalue weighted by Crippen LogP contribution is 2.41. The van der Waals surface area contributed by atoms with Crippen LogP contribution in [0.4, 0.5) is 4.39 Å². The van der Waals surface area contributed by atoms with Gasteiger partial charge in [0.15, 0.2) is 0 Å². The lowest BCUT2D eigenvalue weighted by molar-refractivity contribution is -0.143. The summed E-state index contributed by atoms with van der Waals surface area (Å²) in [7, 11) is 1.99. The summed E-state index contributed by atoms with van der Waals surface area (Å²) >= 11 is 0. The number of imide groups is 1. The predicted octanol–water partition coefficient (Wildman–Crippen LogP) is 1.58. The zero-order valence-corrected chi connectivity index (χ0v) is 17.5. The Labute approximate surface area is 180 Å². The number of hydrogen-bond acceptors (Lipinski definition) is 5. The Kier molecular flexibility index (Phi) is 5.82. The molecule has 1 unspecified atom stereocenters. The summed E-state index contributed by atoms with van der Waals surface area (Å²) in [5, 5.41) is 0. The number of hydrogen-bond donors (Lipinski definition) is 0. The second-order valence-corrected chi connectivity index (χ2v) is 8.28. The van der Waals surface area contributed by atoms with E-state index >= 15 is 0 Å². The van der Waals surface area contributed by atoms with Crippen molar-refractivity contribution in [2.75, 3.05) is 33.2 Å². The summed E-state index contributed by atoms with van der Waals surface area (Å²) in [5.41, 5.74) is -0.325. The Bertz CT molecular complexity index is 991. The minimum Gasteiger partial charge on any atom is -0.340 e. The number of pyridine rings is 1. The van der Waals surface area contributed by atoms with Crippen LogP contribution in [0, 0.1) is 5.82 Å². The summed E-state index contributed by atoms with van der Waals surface area (Å²) in [6.45, 7) is 2.70. The third-order valence-electron chi connectivity index (χ3n) is 6.16. The zero-order valence-electron chi connectivity index (χ0n) is 17.5. The van der Waals surface area contributed by atoms with Gasteiger partial charge in [0.25, 0.3) is 0 Å². The molecule has 7 nitrogen and oxygen atoms in total. The molecule has 0 saturated carbocycles. The van der Waals surface area contributed by atoms with Gasteiger partial charge in [-0.15, -0.1) is 0 Å². The Morgan fingerprint density at radius 1 is 1.13 bits per heavy atom. The van der Waals surface area contributed by atoms with Gasteiger partial charge in [-0.05, 0) is 36.4 Å². The fraction of sp³-hybridized carbons (Fsp3) is 0.391. The molecular formula is C23H25FN4O3. The number of nitrogens with zero attached hydrogens (tertiary/aromatic N) is 4.